The highest BCUT2D eigenvalue weighted by molar-refractivity contribution is 5.98. The number of Topliss-reactive ketones (excluding diaryl/α,β-unsaturated/α-hetero) is 1. The summed E-state index contributed by atoms with van der Waals surface area (Å²) in [5.41, 5.74) is 6.88. The molecule has 1 heterocycles. The van der Waals surface area contributed by atoms with E-state index in [9.17, 15) is 9.59 Å². The first-order valence-corrected chi connectivity index (χ1v) is 6.39. The fourth-order valence-electron chi connectivity index (χ4n) is 2.15. The second kappa shape index (κ2) is 5.84. The van der Waals surface area contributed by atoms with Crippen molar-refractivity contribution >= 4 is 11.7 Å². The van der Waals surface area contributed by atoms with Crippen molar-refractivity contribution in [3.63, 3.8) is 0 Å². The van der Waals surface area contributed by atoms with Gasteiger partial charge in [0, 0.05) is 12.0 Å². The molecule has 2 rings (SSSR count). The Morgan fingerprint density at radius 3 is 2.84 bits per heavy atom. The molecule has 0 unspecified atom stereocenters. The molecule has 5 nitrogen and oxygen atoms in total. The standard InChI is InChI=1S/C14H18N2O3/c1-2-16(9-14(15)18)8-12(17)10-3-4-13-11(7-10)5-6-19-13/h3-4,7H,2,5-6,8-9H2,1H3,(H2,15,18). The van der Waals surface area contributed by atoms with Crippen molar-refractivity contribution in [3.8, 4) is 5.75 Å². The van der Waals surface area contributed by atoms with E-state index in [1.807, 2.05) is 19.1 Å². The van der Waals surface area contributed by atoms with Gasteiger partial charge in [0.1, 0.15) is 5.75 Å². The van der Waals surface area contributed by atoms with Crippen LogP contribution in [0, 0.1) is 0 Å². The van der Waals surface area contributed by atoms with Crippen LogP contribution >= 0.6 is 0 Å². The zero-order chi connectivity index (χ0) is 13.8. The van der Waals surface area contributed by atoms with Crippen molar-refractivity contribution in [2.75, 3.05) is 26.2 Å². The number of rotatable bonds is 6. The van der Waals surface area contributed by atoms with Crippen LogP contribution in [0.15, 0.2) is 18.2 Å². The van der Waals surface area contributed by atoms with Crippen LogP contribution in [0.4, 0.5) is 0 Å². The van der Waals surface area contributed by atoms with Crippen molar-refractivity contribution in [1.29, 1.82) is 0 Å². The number of carbonyl (C=O) groups is 2. The Bertz CT molecular complexity index is 499. The van der Waals surface area contributed by atoms with Gasteiger partial charge in [-0.25, -0.2) is 0 Å². The zero-order valence-electron chi connectivity index (χ0n) is 11.0. The highest BCUT2D eigenvalue weighted by Crippen LogP contribution is 2.26. The van der Waals surface area contributed by atoms with Gasteiger partial charge in [0.15, 0.2) is 5.78 Å². The van der Waals surface area contributed by atoms with Crippen LogP contribution in [0.2, 0.25) is 0 Å². The number of primary amides is 1. The summed E-state index contributed by atoms with van der Waals surface area (Å²) in [5, 5.41) is 0. The average Bonchev–Trinajstić information content (AvgIpc) is 2.84. The van der Waals surface area contributed by atoms with Gasteiger partial charge >= 0.3 is 0 Å². The molecule has 0 atom stereocenters. The van der Waals surface area contributed by atoms with Gasteiger partial charge < -0.3 is 10.5 Å². The summed E-state index contributed by atoms with van der Waals surface area (Å²) in [6, 6.07) is 5.48. The Morgan fingerprint density at radius 2 is 2.16 bits per heavy atom. The number of amides is 1. The first-order valence-electron chi connectivity index (χ1n) is 6.39. The minimum absolute atomic E-state index is 0.00204. The normalized spacial score (nSPS) is 13.2. The lowest BCUT2D eigenvalue weighted by molar-refractivity contribution is -0.118. The van der Waals surface area contributed by atoms with E-state index >= 15 is 0 Å². The van der Waals surface area contributed by atoms with Crippen LogP contribution in [0.25, 0.3) is 0 Å². The minimum atomic E-state index is -0.419. The van der Waals surface area contributed by atoms with Gasteiger partial charge in [0.2, 0.25) is 5.91 Å². The number of benzene rings is 1. The summed E-state index contributed by atoms with van der Waals surface area (Å²) in [6.07, 6.45) is 0.842. The molecule has 0 saturated heterocycles. The fraction of sp³-hybridized carbons (Fsp3) is 0.429. The smallest absolute Gasteiger partial charge is 0.231 e. The third-order valence-corrected chi connectivity index (χ3v) is 3.21. The number of fused-ring (bicyclic) bond motifs is 1. The Balaban J connectivity index is 2.05. The number of carbonyl (C=O) groups excluding carboxylic acids is 2. The van der Waals surface area contributed by atoms with Gasteiger partial charge in [0.05, 0.1) is 19.7 Å². The minimum Gasteiger partial charge on any atom is -0.493 e. The molecule has 1 aliphatic rings. The van der Waals surface area contributed by atoms with Crippen LogP contribution in [0.1, 0.15) is 22.8 Å². The number of nitrogens with zero attached hydrogens (tertiary/aromatic N) is 1. The SMILES string of the molecule is CCN(CC(N)=O)CC(=O)c1ccc2c(c1)CCO2. The average molecular weight is 262 g/mol. The second-order valence-corrected chi connectivity index (χ2v) is 4.61. The predicted molar refractivity (Wildman–Crippen MR) is 71.3 cm³/mol. The maximum absolute atomic E-state index is 12.2. The van der Waals surface area contributed by atoms with E-state index in [0.29, 0.717) is 18.7 Å². The third kappa shape index (κ3) is 3.32. The lowest BCUT2D eigenvalue weighted by Gasteiger charge is -2.17. The van der Waals surface area contributed by atoms with E-state index < -0.39 is 5.91 Å². The zero-order valence-corrected chi connectivity index (χ0v) is 11.0. The summed E-state index contributed by atoms with van der Waals surface area (Å²) in [4.78, 5) is 24.8. The number of nitrogens with two attached hydrogens (primary N) is 1. The first-order chi connectivity index (χ1) is 9.10. The monoisotopic (exact) mass is 262 g/mol. The molecule has 0 fully saturated rings. The molecule has 0 aliphatic carbocycles. The first kappa shape index (κ1) is 13.5. The molecule has 5 heteroatoms. The molecule has 1 aromatic carbocycles. The molecular weight excluding hydrogens is 244 g/mol. The Labute approximate surface area is 112 Å². The van der Waals surface area contributed by atoms with E-state index in [2.05, 4.69) is 0 Å². The predicted octanol–water partition coefficient (Wildman–Crippen LogP) is 0.611. The summed E-state index contributed by atoms with van der Waals surface area (Å²) < 4.78 is 5.41. The molecular formula is C14H18N2O3. The van der Waals surface area contributed by atoms with E-state index in [0.717, 1.165) is 17.7 Å². The van der Waals surface area contributed by atoms with Gasteiger partial charge in [-0.3, -0.25) is 14.5 Å². The quantitative estimate of drug-likeness (QED) is 0.762. The number of hydrogen-bond donors (Lipinski definition) is 1. The van der Waals surface area contributed by atoms with E-state index in [-0.39, 0.29) is 18.9 Å². The van der Waals surface area contributed by atoms with E-state index in [1.165, 1.54) is 0 Å². The Morgan fingerprint density at radius 1 is 1.37 bits per heavy atom. The largest absolute Gasteiger partial charge is 0.493 e. The third-order valence-electron chi connectivity index (χ3n) is 3.21. The molecule has 0 spiro atoms. The molecule has 2 N–H and O–H groups in total. The van der Waals surface area contributed by atoms with Crippen molar-refractivity contribution in [2.45, 2.75) is 13.3 Å². The Hall–Kier alpha value is -1.88. The molecule has 1 amide bonds. The molecule has 1 aromatic rings. The summed E-state index contributed by atoms with van der Waals surface area (Å²) in [7, 11) is 0. The molecule has 0 bridgehead atoms. The van der Waals surface area contributed by atoms with Gasteiger partial charge in [-0.05, 0) is 30.3 Å². The van der Waals surface area contributed by atoms with Crippen molar-refractivity contribution < 1.29 is 14.3 Å². The number of likely N-dealkylation sites (N-methyl/N-ethyl adjacent to an activating group) is 1. The summed E-state index contributed by atoms with van der Waals surface area (Å²) >= 11 is 0. The summed E-state index contributed by atoms with van der Waals surface area (Å²) in [6.45, 7) is 3.50. The number of ether oxygens (including phenoxy) is 1. The van der Waals surface area contributed by atoms with Gasteiger partial charge in [-0.1, -0.05) is 6.92 Å². The summed E-state index contributed by atoms with van der Waals surface area (Å²) in [5.74, 6) is 0.441. The molecule has 19 heavy (non-hydrogen) atoms. The van der Waals surface area contributed by atoms with Crippen molar-refractivity contribution in [3.05, 3.63) is 29.3 Å². The fourth-order valence-corrected chi connectivity index (χ4v) is 2.15. The topological polar surface area (TPSA) is 72.6 Å². The molecule has 1 aliphatic heterocycles. The van der Waals surface area contributed by atoms with Crippen molar-refractivity contribution in [1.82, 2.24) is 4.90 Å². The van der Waals surface area contributed by atoms with Crippen LogP contribution in [-0.4, -0.2) is 42.8 Å². The lowest BCUT2D eigenvalue weighted by atomic mass is 10.1. The highest BCUT2D eigenvalue weighted by atomic mass is 16.5. The van der Waals surface area contributed by atoms with Gasteiger partial charge in [0.25, 0.3) is 0 Å². The van der Waals surface area contributed by atoms with Crippen LogP contribution in [-0.2, 0) is 11.2 Å². The number of ketones is 1. The molecule has 0 saturated carbocycles. The molecule has 0 aromatic heterocycles. The van der Waals surface area contributed by atoms with Crippen LogP contribution < -0.4 is 10.5 Å². The van der Waals surface area contributed by atoms with E-state index in [4.69, 9.17) is 10.5 Å². The second-order valence-electron chi connectivity index (χ2n) is 4.61. The highest BCUT2D eigenvalue weighted by Gasteiger charge is 2.17. The maximum Gasteiger partial charge on any atom is 0.231 e. The molecule has 0 radical (unpaired) electrons. The van der Waals surface area contributed by atoms with Gasteiger partial charge in [-0.2, -0.15) is 0 Å². The Kier molecular flexibility index (Phi) is 4.16. The lowest BCUT2D eigenvalue weighted by Crippen LogP contribution is -2.37. The molecule has 102 valence electrons. The van der Waals surface area contributed by atoms with Gasteiger partial charge in [-0.15, -0.1) is 0 Å². The number of hydrogen-bond acceptors (Lipinski definition) is 4. The van der Waals surface area contributed by atoms with Crippen molar-refractivity contribution in [2.24, 2.45) is 5.73 Å². The maximum atomic E-state index is 12.2. The van der Waals surface area contributed by atoms with E-state index in [1.54, 1.807) is 11.0 Å². The van der Waals surface area contributed by atoms with Crippen LogP contribution in [0.5, 0.6) is 5.75 Å². The van der Waals surface area contributed by atoms with Crippen LogP contribution in [0.3, 0.4) is 0 Å².